The average molecular weight is 665 g/mol. The molecule has 1 heterocycles. The van der Waals surface area contributed by atoms with Gasteiger partial charge in [-0.3, -0.25) is 0 Å². The van der Waals surface area contributed by atoms with E-state index < -0.39 is 35.0 Å². The van der Waals surface area contributed by atoms with Gasteiger partial charge in [-0.05, 0) is 68.5 Å². The van der Waals surface area contributed by atoms with Gasteiger partial charge in [0.25, 0.3) is 0 Å². The number of alkyl halides is 6. The van der Waals surface area contributed by atoms with Crippen LogP contribution in [0.5, 0.6) is 0 Å². The first-order chi connectivity index (χ1) is 20.7. The number of halogens is 8. The van der Waals surface area contributed by atoms with Crippen molar-refractivity contribution in [3.8, 4) is 0 Å². The molecule has 0 spiro atoms. The zero-order chi connectivity index (χ0) is 32.1. The van der Waals surface area contributed by atoms with Crippen LogP contribution in [0.15, 0.2) is 75.4 Å². The molecule has 1 unspecified atom stereocenters. The van der Waals surface area contributed by atoms with Crippen molar-refractivity contribution >= 4 is 34.6 Å². The summed E-state index contributed by atoms with van der Waals surface area (Å²) in [6.45, 7) is 1.66. The summed E-state index contributed by atoms with van der Waals surface area (Å²) in [6.07, 6.45) is -5.61. The fourth-order valence-electron chi connectivity index (χ4n) is 5.61. The molecule has 13 heteroatoms. The monoisotopic (exact) mass is 663 g/mol. The van der Waals surface area contributed by atoms with Crippen LogP contribution in [0.4, 0.5) is 32.0 Å². The second kappa shape index (κ2) is 14.1. The Morgan fingerprint density at radius 3 is 2.16 bits per heavy atom. The van der Waals surface area contributed by atoms with Crippen molar-refractivity contribution in [3.05, 3.63) is 86.9 Å². The van der Waals surface area contributed by atoms with Gasteiger partial charge in [0.15, 0.2) is 0 Å². The molecule has 5 nitrogen and oxygen atoms in total. The van der Waals surface area contributed by atoms with Crippen LogP contribution in [0.1, 0.15) is 48.8 Å². The summed E-state index contributed by atoms with van der Waals surface area (Å²) < 4.78 is 80.5. The van der Waals surface area contributed by atoms with E-state index in [1.807, 2.05) is 30.3 Å². The standard InChI is InChI=1S/C31H33Cl2F6N3O2/c1-44-41-28(19-40-24-17-22(30(34,35)36)16-23(18-24)31(37,38)39)25(20-7-8-26(32)27(33)15-20)9-12-42-13-10-29(43,11-14-42)21-5-3-2-4-6-21/h2-6,15-18,25,40,43H,7-14,19H2,1H3/b41-28+. The Bertz CT molecular complexity index is 1350. The smallest absolute Gasteiger partial charge is 0.399 e. The zero-order valence-corrected chi connectivity index (χ0v) is 25.4. The number of oxime groups is 1. The van der Waals surface area contributed by atoms with E-state index in [-0.39, 0.29) is 18.3 Å². The number of aliphatic hydroxyl groups is 1. The van der Waals surface area contributed by atoms with Gasteiger partial charge in [-0.25, -0.2) is 0 Å². The highest BCUT2D eigenvalue weighted by molar-refractivity contribution is 6.40. The van der Waals surface area contributed by atoms with Gasteiger partial charge in [0, 0.05) is 29.7 Å². The van der Waals surface area contributed by atoms with E-state index in [2.05, 4.69) is 15.4 Å². The lowest BCUT2D eigenvalue weighted by atomic mass is 9.83. The summed E-state index contributed by atoms with van der Waals surface area (Å²) in [5, 5.41) is 18.9. The van der Waals surface area contributed by atoms with Gasteiger partial charge in [-0.15, -0.1) is 0 Å². The van der Waals surface area contributed by atoms with Crippen LogP contribution in [0.25, 0.3) is 0 Å². The fraction of sp³-hybridized carbons (Fsp3) is 0.452. The van der Waals surface area contributed by atoms with Crippen molar-refractivity contribution in [1.82, 2.24) is 4.90 Å². The van der Waals surface area contributed by atoms with Crippen LogP contribution >= 0.6 is 23.2 Å². The summed E-state index contributed by atoms with van der Waals surface area (Å²) in [5.74, 6) is -0.399. The molecule has 44 heavy (non-hydrogen) atoms. The van der Waals surface area contributed by atoms with Crippen LogP contribution < -0.4 is 5.32 Å². The molecule has 1 saturated heterocycles. The first-order valence-electron chi connectivity index (χ1n) is 14.1. The van der Waals surface area contributed by atoms with E-state index in [1.54, 1.807) is 6.08 Å². The summed E-state index contributed by atoms with van der Waals surface area (Å²) >= 11 is 12.6. The third kappa shape index (κ3) is 8.71. The second-order valence-electron chi connectivity index (χ2n) is 11.0. The molecule has 2 aromatic carbocycles. The van der Waals surface area contributed by atoms with Crippen LogP contribution in [0, 0.1) is 5.92 Å². The predicted molar refractivity (Wildman–Crippen MR) is 160 cm³/mol. The third-order valence-corrected chi connectivity index (χ3v) is 8.88. The van der Waals surface area contributed by atoms with Gasteiger partial charge in [-0.1, -0.05) is 64.3 Å². The van der Waals surface area contributed by atoms with E-state index in [0.717, 1.165) is 11.1 Å². The number of hydrogen-bond donors (Lipinski definition) is 2. The van der Waals surface area contributed by atoms with Gasteiger partial charge < -0.3 is 20.2 Å². The minimum atomic E-state index is -4.97. The maximum Gasteiger partial charge on any atom is 0.416 e. The van der Waals surface area contributed by atoms with Gasteiger partial charge in [0.1, 0.15) is 7.11 Å². The quantitative estimate of drug-likeness (QED) is 0.152. The van der Waals surface area contributed by atoms with Crippen molar-refractivity contribution in [2.45, 2.75) is 50.1 Å². The molecule has 2 aliphatic rings. The summed E-state index contributed by atoms with van der Waals surface area (Å²) in [5.41, 5.74) is -2.00. The Morgan fingerprint density at radius 1 is 1.00 bits per heavy atom. The fourth-order valence-corrected chi connectivity index (χ4v) is 5.99. The molecule has 4 rings (SSSR count). The molecular formula is C31H33Cl2F6N3O2. The van der Waals surface area contributed by atoms with Crippen molar-refractivity contribution in [2.24, 2.45) is 11.1 Å². The Kier molecular flexibility index (Phi) is 11.0. The van der Waals surface area contributed by atoms with Crippen molar-refractivity contribution in [3.63, 3.8) is 0 Å². The Hall–Kier alpha value is -2.73. The van der Waals surface area contributed by atoms with Gasteiger partial charge in [0.2, 0.25) is 0 Å². The molecule has 0 saturated carbocycles. The van der Waals surface area contributed by atoms with Crippen LogP contribution in [-0.4, -0.2) is 49.0 Å². The van der Waals surface area contributed by atoms with E-state index in [0.29, 0.717) is 79.6 Å². The van der Waals surface area contributed by atoms with Gasteiger partial charge in [-0.2, -0.15) is 26.3 Å². The lowest BCUT2D eigenvalue weighted by molar-refractivity contribution is -0.143. The molecule has 0 amide bonds. The topological polar surface area (TPSA) is 57.1 Å². The van der Waals surface area contributed by atoms with Crippen molar-refractivity contribution in [1.29, 1.82) is 0 Å². The number of allylic oxidation sites excluding steroid dienone is 4. The largest absolute Gasteiger partial charge is 0.416 e. The number of benzene rings is 2. The SMILES string of the molecule is CO/N=C(\CNc1cc(C(F)(F)F)cc(C(F)(F)F)c1)C(CCN1CCC(O)(c2ccccc2)CC1)C1=CC(Cl)=C(Cl)CC1. The van der Waals surface area contributed by atoms with Gasteiger partial charge in [0.05, 0.1) is 34.0 Å². The lowest BCUT2D eigenvalue weighted by Crippen LogP contribution is -2.43. The Morgan fingerprint density at radius 2 is 1.61 bits per heavy atom. The van der Waals surface area contributed by atoms with E-state index in [1.165, 1.54) is 7.11 Å². The molecule has 1 aliphatic heterocycles. The number of hydrogen-bond acceptors (Lipinski definition) is 5. The first-order valence-corrected chi connectivity index (χ1v) is 14.8. The lowest BCUT2D eigenvalue weighted by Gasteiger charge is -2.39. The molecule has 0 bridgehead atoms. The van der Waals surface area contributed by atoms with E-state index >= 15 is 0 Å². The Balaban J connectivity index is 1.54. The van der Waals surface area contributed by atoms with Gasteiger partial charge >= 0.3 is 12.4 Å². The molecule has 1 fully saturated rings. The van der Waals surface area contributed by atoms with Crippen molar-refractivity contribution < 1.29 is 36.3 Å². The summed E-state index contributed by atoms with van der Waals surface area (Å²) in [7, 11) is 1.32. The zero-order valence-electron chi connectivity index (χ0n) is 23.9. The highest BCUT2D eigenvalue weighted by Gasteiger charge is 2.37. The first kappa shape index (κ1) is 34.1. The number of rotatable bonds is 10. The molecule has 0 radical (unpaired) electrons. The molecule has 2 aromatic rings. The number of likely N-dealkylation sites (tertiary alicyclic amines) is 1. The van der Waals surface area contributed by atoms with Crippen LogP contribution in [0.2, 0.25) is 0 Å². The number of nitrogens with one attached hydrogen (secondary N) is 1. The minimum absolute atomic E-state index is 0.0839. The summed E-state index contributed by atoms with van der Waals surface area (Å²) in [4.78, 5) is 7.29. The van der Waals surface area contributed by atoms with E-state index in [4.69, 9.17) is 28.0 Å². The normalized spacial score (nSPS) is 19.0. The molecule has 1 atom stereocenters. The third-order valence-electron chi connectivity index (χ3n) is 8.05. The average Bonchev–Trinajstić information content (AvgIpc) is 2.98. The van der Waals surface area contributed by atoms with Crippen LogP contribution in [-0.2, 0) is 22.8 Å². The number of piperidine rings is 1. The van der Waals surface area contributed by atoms with Crippen LogP contribution in [0.3, 0.4) is 0 Å². The minimum Gasteiger partial charge on any atom is -0.399 e. The molecule has 240 valence electrons. The molecular weight excluding hydrogens is 631 g/mol. The highest BCUT2D eigenvalue weighted by Crippen LogP contribution is 2.39. The number of anilines is 1. The number of nitrogens with zero attached hydrogens (tertiary/aromatic N) is 2. The highest BCUT2D eigenvalue weighted by atomic mass is 35.5. The maximum atomic E-state index is 13.4. The predicted octanol–water partition coefficient (Wildman–Crippen LogP) is 8.54. The van der Waals surface area contributed by atoms with E-state index in [9.17, 15) is 31.4 Å². The van der Waals surface area contributed by atoms with Crippen molar-refractivity contribution in [2.75, 3.05) is 38.6 Å². The second-order valence-corrected chi connectivity index (χ2v) is 11.8. The molecule has 1 aliphatic carbocycles. The molecule has 0 aromatic heterocycles. The Labute approximate surface area is 262 Å². The molecule has 2 N–H and O–H groups in total. The maximum absolute atomic E-state index is 13.4. The summed E-state index contributed by atoms with van der Waals surface area (Å²) in [6, 6.07) is 10.8.